The van der Waals surface area contributed by atoms with Gasteiger partial charge in [-0.1, -0.05) is 47.4 Å². The molecule has 4 aliphatic rings. The zero-order chi connectivity index (χ0) is 36.5. The summed E-state index contributed by atoms with van der Waals surface area (Å²) in [6.45, 7) is 1.88. The van der Waals surface area contributed by atoms with Crippen LogP contribution in [0.2, 0.25) is 0 Å². The minimum atomic E-state index is -1.15. The van der Waals surface area contributed by atoms with Gasteiger partial charge in [0.15, 0.2) is 17.6 Å². The highest BCUT2D eigenvalue weighted by molar-refractivity contribution is 8.76. The molecule has 3 aromatic rings. The molecule has 12 heteroatoms. The molecular formula is C40H50O10S2. The molecule has 1 saturated carbocycles. The van der Waals surface area contributed by atoms with E-state index >= 15 is 0 Å². The van der Waals surface area contributed by atoms with E-state index in [2.05, 4.69) is 6.92 Å². The summed E-state index contributed by atoms with van der Waals surface area (Å²) in [5, 5.41) is 67.0. The lowest BCUT2D eigenvalue weighted by Crippen LogP contribution is -2.38. The quantitative estimate of drug-likeness (QED) is 0.126. The Bertz CT molecular complexity index is 1740. The van der Waals surface area contributed by atoms with Crippen molar-refractivity contribution in [2.75, 3.05) is 38.4 Å². The average molecular weight is 755 g/mol. The first-order chi connectivity index (χ1) is 25.2. The third kappa shape index (κ3) is 6.97. The van der Waals surface area contributed by atoms with E-state index in [-0.39, 0.29) is 66.2 Å². The molecular weight excluding hydrogens is 705 g/mol. The third-order valence-corrected chi connectivity index (χ3v) is 13.8. The Morgan fingerprint density at radius 3 is 2.40 bits per heavy atom. The van der Waals surface area contributed by atoms with Gasteiger partial charge in [0.25, 0.3) is 0 Å². The number of phenols is 3. The van der Waals surface area contributed by atoms with Crippen LogP contribution < -0.4 is 18.9 Å². The lowest BCUT2D eigenvalue weighted by molar-refractivity contribution is 0.00251. The molecule has 0 unspecified atom stereocenters. The van der Waals surface area contributed by atoms with E-state index in [9.17, 15) is 30.6 Å². The molecule has 0 spiro atoms. The van der Waals surface area contributed by atoms with Crippen LogP contribution in [0.3, 0.4) is 0 Å². The van der Waals surface area contributed by atoms with E-state index in [4.69, 9.17) is 18.9 Å². The molecule has 1 fully saturated rings. The number of aliphatic hydroxyl groups is 3. The molecule has 0 radical (unpaired) electrons. The Morgan fingerprint density at radius 2 is 1.65 bits per heavy atom. The van der Waals surface area contributed by atoms with E-state index in [1.165, 1.54) is 7.11 Å². The summed E-state index contributed by atoms with van der Waals surface area (Å²) >= 11 is 0. The summed E-state index contributed by atoms with van der Waals surface area (Å²) in [5.41, 5.74) is 4.41. The molecule has 6 atom stereocenters. The summed E-state index contributed by atoms with van der Waals surface area (Å²) in [4.78, 5) is 0. The Labute approximate surface area is 312 Å². The number of aromatic hydroxyl groups is 3. The van der Waals surface area contributed by atoms with Gasteiger partial charge in [0.05, 0.1) is 26.4 Å². The van der Waals surface area contributed by atoms with Crippen molar-refractivity contribution < 1.29 is 49.6 Å². The lowest BCUT2D eigenvalue weighted by Gasteiger charge is -2.43. The van der Waals surface area contributed by atoms with Gasteiger partial charge in [-0.05, 0) is 85.3 Å². The van der Waals surface area contributed by atoms with Crippen LogP contribution in [0.15, 0.2) is 30.3 Å². The molecule has 52 heavy (non-hydrogen) atoms. The van der Waals surface area contributed by atoms with Crippen LogP contribution in [0.5, 0.6) is 40.2 Å². The fourth-order valence-corrected chi connectivity index (χ4v) is 11.3. The molecule has 0 amide bonds. The molecule has 2 bridgehead atoms. The maximum absolute atomic E-state index is 12.5. The molecule has 282 valence electrons. The molecule has 3 aromatic carbocycles. The Kier molecular flexibility index (Phi) is 11.5. The van der Waals surface area contributed by atoms with E-state index in [0.29, 0.717) is 23.2 Å². The van der Waals surface area contributed by atoms with Crippen molar-refractivity contribution in [3.8, 4) is 51.4 Å². The number of rotatable bonds is 8. The molecule has 10 nitrogen and oxygen atoms in total. The minimum Gasteiger partial charge on any atom is -0.508 e. The second-order valence-corrected chi connectivity index (χ2v) is 17.2. The standard InChI is InChI=1S/C40H50O10S2/c1-21-8-10-24-26-16-22(43)9-11-25(26)33-30(48-14-13-41)18-31-34(35(33)28(24)19-42)29(20-52-51-15-12-21)37(45)39(50-31)27-17-32(38(46)40(47-2)36(27)44)49-23-6-4-3-5-7-23/h9,11,16-18,21,23-24,28-29,37,39,41-46H,3-8,10,12-15,19-20H2,1-2H3/t21-,24-,28+,29-,37-,39+/m1/s1. The van der Waals surface area contributed by atoms with Crippen molar-refractivity contribution in [1.82, 2.24) is 0 Å². The SMILES string of the molecule is COc1c(O)c(OC2CCCCC2)cc([C@@H]2Oc3cc(OCCO)c4c5c3[C@@H](CSSCC[C@H](C)CC[C@H](c3cc(O)ccc3-4)[C@@H]5CO)[C@H]2O)c1O. The number of hydrogen-bond acceptors (Lipinski definition) is 12. The number of ether oxygens (including phenoxy) is 4. The topological polar surface area (TPSA) is 158 Å². The van der Waals surface area contributed by atoms with Crippen molar-refractivity contribution in [1.29, 1.82) is 0 Å². The van der Waals surface area contributed by atoms with E-state index < -0.39 is 24.0 Å². The number of benzene rings is 3. The first-order valence-corrected chi connectivity index (χ1v) is 21.0. The average Bonchev–Trinajstić information content (AvgIpc) is 3.15. The van der Waals surface area contributed by atoms with Gasteiger partial charge in [0.1, 0.15) is 30.0 Å². The molecule has 2 aliphatic carbocycles. The molecule has 2 heterocycles. The zero-order valence-electron chi connectivity index (χ0n) is 29.8. The Hall–Kier alpha value is -3.16. The van der Waals surface area contributed by atoms with Gasteiger partial charge >= 0.3 is 0 Å². The van der Waals surface area contributed by atoms with Crippen LogP contribution in [-0.2, 0) is 0 Å². The second-order valence-electron chi connectivity index (χ2n) is 14.6. The van der Waals surface area contributed by atoms with Crippen molar-refractivity contribution in [3.05, 3.63) is 52.6 Å². The summed E-state index contributed by atoms with van der Waals surface area (Å²) in [6, 6.07) is 8.68. The molecule has 0 saturated heterocycles. The summed E-state index contributed by atoms with van der Waals surface area (Å²) in [7, 11) is 4.82. The summed E-state index contributed by atoms with van der Waals surface area (Å²) < 4.78 is 24.8. The van der Waals surface area contributed by atoms with Crippen molar-refractivity contribution in [3.63, 3.8) is 0 Å². The van der Waals surface area contributed by atoms with Crippen molar-refractivity contribution in [2.45, 2.75) is 94.4 Å². The summed E-state index contributed by atoms with van der Waals surface area (Å²) in [5.74, 6) is 1.29. The first kappa shape index (κ1) is 37.2. The largest absolute Gasteiger partial charge is 0.508 e. The zero-order valence-corrected chi connectivity index (χ0v) is 31.4. The van der Waals surface area contributed by atoms with Gasteiger partial charge < -0.3 is 49.6 Å². The number of hydrogen-bond donors (Lipinski definition) is 6. The van der Waals surface area contributed by atoms with Crippen LogP contribution in [0.4, 0.5) is 0 Å². The van der Waals surface area contributed by atoms with Crippen LogP contribution in [0, 0.1) is 5.92 Å². The highest BCUT2D eigenvalue weighted by atomic mass is 33.1. The van der Waals surface area contributed by atoms with Gasteiger partial charge in [0.2, 0.25) is 11.5 Å². The maximum atomic E-state index is 12.5. The maximum Gasteiger partial charge on any atom is 0.207 e. The highest BCUT2D eigenvalue weighted by Gasteiger charge is 2.47. The number of fused-ring (bicyclic) bond motifs is 4. The van der Waals surface area contributed by atoms with E-state index in [1.807, 2.05) is 6.07 Å². The first-order valence-electron chi connectivity index (χ1n) is 18.5. The Balaban J connectivity index is 1.43. The summed E-state index contributed by atoms with van der Waals surface area (Å²) in [6.07, 6.45) is 5.30. The third-order valence-electron chi connectivity index (χ3n) is 11.4. The predicted molar refractivity (Wildman–Crippen MR) is 203 cm³/mol. The van der Waals surface area contributed by atoms with Gasteiger partial charge in [0, 0.05) is 46.1 Å². The van der Waals surface area contributed by atoms with Crippen LogP contribution >= 0.6 is 21.6 Å². The fraction of sp³-hybridized carbons (Fsp3) is 0.550. The predicted octanol–water partition coefficient (Wildman–Crippen LogP) is 7.51. The highest BCUT2D eigenvalue weighted by Crippen LogP contribution is 2.60. The molecule has 0 aromatic heterocycles. The van der Waals surface area contributed by atoms with Crippen LogP contribution in [-0.4, -0.2) is 81.3 Å². The minimum absolute atomic E-state index is 0.0170. The van der Waals surface area contributed by atoms with Gasteiger partial charge in [-0.3, -0.25) is 0 Å². The molecule has 2 aliphatic heterocycles. The smallest absolute Gasteiger partial charge is 0.207 e. The van der Waals surface area contributed by atoms with Crippen molar-refractivity contribution >= 4 is 21.6 Å². The van der Waals surface area contributed by atoms with Gasteiger partial charge in [-0.15, -0.1) is 0 Å². The van der Waals surface area contributed by atoms with Gasteiger partial charge in [-0.2, -0.15) is 0 Å². The van der Waals surface area contributed by atoms with Gasteiger partial charge in [-0.25, -0.2) is 0 Å². The van der Waals surface area contributed by atoms with Crippen molar-refractivity contribution in [2.24, 2.45) is 5.92 Å². The normalized spacial score (nSPS) is 26.2. The fourth-order valence-electron chi connectivity index (χ4n) is 8.71. The molecule has 6 N–H and O–H groups in total. The van der Waals surface area contributed by atoms with E-state index in [1.54, 1.807) is 45.9 Å². The second kappa shape index (κ2) is 16.1. The Morgan fingerprint density at radius 1 is 0.846 bits per heavy atom. The number of aliphatic hydroxyl groups excluding tert-OH is 3. The van der Waals surface area contributed by atoms with E-state index in [0.717, 1.165) is 84.9 Å². The van der Waals surface area contributed by atoms with Crippen LogP contribution in [0.1, 0.15) is 104 Å². The van der Waals surface area contributed by atoms with Crippen LogP contribution in [0.25, 0.3) is 11.1 Å². The lowest BCUT2D eigenvalue weighted by atomic mass is 9.66. The number of methoxy groups -OCH3 is 1. The number of phenolic OH excluding ortho intramolecular Hbond substituents is 3. The monoisotopic (exact) mass is 754 g/mol. The molecule has 7 rings (SSSR count).